The molecule has 1 aliphatic rings. The summed E-state index contributed by atoms with van der Waals surface area (Å²) >= 11 is 0. The number of rotatable bonds is 3. The van der Waals surface area contributed by atoms with Crippen LogP contribution in [0.25, 0.3) is 0 Å². The smallest absolute Gasteiger partial charge is 0.133 e. The van der Waals surface area contributed by atoms with Crippen molar-refractivity contribution in [3.8, 4) is 6.07 Å². The molecule has 1 aliphatic carbocycles. The first-order valence-electron chi connectivity index (χ1n) is 5.91. The third-order valence-corrected chi connectivity index (χ3v) is 3.10. The number of carbonyl (C=O) groups is 1. The van der Waals surface area contributed by atoms with E-state index in [4.69, 9.17) is 10.00 Å². The lowest BCUT2D eigenvalue weighted by Crippen LogP contribution is -2.21. The first-order chi connectivity index (χ1) is 8.29. The van der Waals surface area contributed by atoms with E-state index >= 15 is 0 Å². The van der Waals surface area contributed by atoms with Crippen molar-refractivity contribution in [2.24, 2.45) is 0 Å². The first-order valence-corrected chi connectivity index (χ1v) is 5.91. The lowest BCUT2D eigenvalue weighted by atomic mass is 9.96. The van der Waals surface area contributed by atoms with E-state index in [0.29, 0.717) is 30.8 Å². The van der Waals surface area contributed by atoms with Gasteiger partial charge >= 0.3 is 0 Å². The summed E-state index contributed by atoms with van der Waals surface area (Å²) in [7, 11) is 0. The molecule has 17 heavy (non-hydrogen) atoms. The highest BCUT2D eigenvalue weighted by molar-refractivity contribution is 5.79. The fraction of sp³-hybridized carbons (Fsp3) is 0.429. The van der Waals surface area contributed by atoms with Crippen LogP contribution in [0.1, 0.15) is 36.8 Å². The Morgan fingerprint density at radius 3 is 2.71 bits per heavy atom. The van der Waals surface area contributed by atoms with Gasteiger partial charge < -0.3 is 4.74 Å². The molecule has 1 saturated carbocycles. The molecule has 1 aromatic rings. The largest absolute Gasteiger partial charge is 0.373 e. The highest BCUT2D eigenvalue weighted by atomic mass is 16.5. The fourth-order valence-electron chi connectivity index (χ4n) is 2.04. The van der Waals surface area contributed by atoms with Gasteiger partial charge in [0.25, 0.3) is 0 Å². The van der Waals surface area contributed by atoms with Crippen LogP contribution in [-0.2, 0) is 16.1 Å². The lowest BCUT2D eigenvalue weighted by Gasteiger charge is -2.21. The average molecular weight is 229 g/mol. The number of benzene rings is 1. The average Bonchev–Trinajstić information content (AvgIpc) is 2.38. The molecular formula is C14H15NO2. The van der Waals surface area contributed by atoms with Gasteiger partial charge in [0.1, 0.15) is 5.78 Å². The summed E-state index contributed by atoms with van der Waals surface area (Å²) < 4.78 is 5.76. The van der Waals surface area contributed by atoms with E-state index < -0.39 is 0 Å². The van der Waals surface area contributed by atoms with Gasteiger partial charge in [0.05, 0.1) is 24.3 Å². The van der Waals surface area contributed by atoms with E-state index in [1.807, 2.05) is 18.2 Å². The van der Waals surface area contributed by atoms with Gasteiger partial charge in [0, 0.05) is 12.8 Å². The maximum Gasteiger partial charge on any atom is 0.133 e. The van der Waals surface area contributed by atoms with Crippen LogP contribution in [0.15, 0.2) is 24.3 Å². The summed E-state index contributed by atoms with van der Waals surface area (Å²) in [5.74, 6) is 0.335. The fourth-order valence-corrected chi connectivity index (χ4v) is 2.04. The zero-order chi connectivity index (χ0) is 12.1. The SMILES string of the molecule is N#Cc1ccccc1COC1CCC(=O)CC1. The molecule has 0 amide bonds. The van der Waals surface area contributed by atoms with Gasteiger partial charge in [-0.2, -0.15) is 5.26 Å². The van der Waals surface area contributed by atoms with Crippen molar-refractivity contribution in [1.29, 1.82) is 5.26 Å². The Kier molecular flexibility index (Phi) is 3.89. The maximum absolute atomic E-state index is 11.1. The molecule has 1 fully saturated rings. The van der Waals surface area contributed by atoms with Crippen molar-refractivity contribution in [3.63, 3.8) is 0 Å². The van der Waals surface area contributed by atoms with E-state index in [-0.39, 0.29) is 6.10 Å². The molecule has 0 N–H and O–H groups in total. The minimum atomic E-state index is 0.166. The standard InChI is InChI=1S/C14H15NO2/c15-9-11-3-1-2-4-12(11)10-17-14-7-5-13(16)6-8-14/h1-4,14H,5-8,10H2. The lowest BCUT2D eigenvalue weighted by molar-refractivity contribution is -0.123. The van der Waals surface area contributed by atoms with Crippen LogP contribution in [0, 0.1) is 11.3 Å². The summed E-state index contributed by atoms with van der Waals surface area (Å²) in [5.41, 5.74) is 1.59. The van der Waals surface area contributed by atoms with Crippen LogP contribution < -0.4 is 0 Å². The van der Waals surface area contributed by atoms with Crippen molar-refractivity contribution in [2.75, 3.05) is 0 Å². The minimum Gasteiger partial charge on any atom is -0.373 e. The van der Waals surface area contributed by atoms with Gasteiger partial charge in [-0.05, 0) is 24.5 Å². The number of ether oxygens (including phenoxy) is 1. The monoisotopic (exact) mass is 229 g/mol. The van der Waals surface area contributed by atoms with Gasteiger partial charge in [-0.3, -0.25) is 4.79 Å². The first kappa shape index (κ1) is 11.8. The summed E-state index contributed by atoms with van der Waals surface area (Å²) in [6.45, 7) is 0.461. The van der Waals surface area contributed by atoms with E-state index in [9.17, 15) is 4.79 Å². The number of Topliss-reactive ketones (excluding diaryl/α,β-unsaturated/α-hetero) is 1. The Balaban J connectivity index is 1.90. The van der Waals surface area contributed by atoms with Crippen LogP contribution in [-0.4, -0.2) is 11.9 Å². The molecule has 0 saturated heterocycles. The van der Waals surface area contributed by atoms with E-state index in [2.05, 4.69) is 6.07 Å². The van der Waals surface area contributed by atoms with Crippen molar-refractivity contribution in [1.82, 2.24) is 0 Å². The van der Waals surface area contributed by atoms with E-state index in [0.717, 1.165) is 18.4 Å². The second kappa shape index (κ2) is 5.60. The molecule has 3 heteroatoms. The summed E-state index contributed by atoms with van der Waals surface area (Å²) in [6, 6.07) is 9.62. The molecule has 0 radical (unpaired) electrons. The second-order valence-corrected chi connectivity index (χ2v) is 4.32. The third-order valence-electron chi connectivity index (χ3n) is 3.10. The highest BCUT2D eigenvalue weighted by Gasteiger charge is 2.19. The highest BCUT2D eigenvalue weighted by Crippen LogP contribution is 2.20. The van der Waals surface area contributed by atoms with Crippen LogP contribution in [0.2, 0.25) is 0 Å². The normalized spacial score (nSPS) is 16.8. The Bertz CT molecular complexity index is 438. The van der Waals surface area contributed by atoms with Gasteiger partial charge in [-0.15, -0.1) is 0 Å². The molecule has 88 valence electrons. The molecule has 0 spiro atoms. The predicted molar refractivity (Wildman–Crippen MR) is 63.2 cm³/mol. The zero-order valence-electron chi connectivity index (χ0n) is 9.69. The number of hydrogen-bond donors (Lipinski definition) is 0. The summed E-state index contributed by atoms with van der Waals surface area (Å²) in [6.07, 6.45) is 3.05. The number of nitriles is 1. The molecular weight excluding hydrogens is 214 g/mol. The molecule has 0 unspecified atom stereocenters. The number of ketones is 1. The Labute approximate surface area is 101 Å². The van der Waals surface area contributed by atoms with Gasteiger partial charge in [0.2, 0.25) is 0 Å². The van der Waals surface area contributed by atoms with Gasteiger partial charge in [-0.1, -0.05) is 18.2 Å². The van der Waals surface area contributed by atoms with E-state index in [1.54, 1.807) is 6.07 Å². The Morgan fingerprint density at radius 2 is 2.00 bits per heavy atom. The Hall–Kier alpha value is -1.66. The molecule has 1 aromatic carbocycles. The molecule has 3 nitrogen and oxygen atoms in total. The molecule has 0 atom stereocenters. The number of hydrogen-bond acceptors (Lipinski definition) is 3. The summed E-state index contributed by atoms with van der Waals surface area (Å²) in [4.78, 5) is 11.1. The molecule has 0 aromatic heterocycles. The van der Waals surface area contributed by atoms with Crippen molar-refractivity contribution in [3.05, 3.63) is 35.4 Å². The van der Waals surface area contributed by atoms with E-state index in [1.165, 1.54) is 0 Å². The predicted octanol–water partition coefficient (Wildman–Crippen LogP) is 2.59. The van der Waals surface area contributed by atoms with Crippen LogP contribution in [0.3, 0.4) is 0 Å². The summed E-state index contributed by atoms with van der Waals surface area (Å²) in [5, 5.41) is 8.94. The number of carbonyl (C=O) groups excluding carboxylic acids is 1. The van der Waals surface area contributed by atoms with Crippen molar-refractivity contribution < 1.29 is 9.53 Å². The van der Waals surface area contributed by atoms with Crippen LogP contribution >= 0.6 is 0 Å². The van der Waals surface area contributed by atoms with Crippen molar-refractivity contribution in [2.45, 2.75) is 38.4 Å². The second-order valence-electron chi connectivity index (χ2n) is 4.32. The van der Waals surface area contributed by atoms with Gasteiger partial charge in [-0.25, -0.2) is 0 Å². The molecule has 0 bridgehead atoms. The maximum atomic E-state index is 11.1. The van der Waals surface area contributed by atoms with Crippen LogP contribution in [0.5, 0.6) is 0 Å². The third kappa shape index (κ3) is 3.15. The Morgan fingerprint density at radius 1 is 1.29 bits per heavy atom. The minimum absolute atomic E-state index is 0.166. The van der Waals surface area contributed by atoms with Crippen LogP contribution in [0.4, 0.5) is 0 Å². The quantitative estimate of drug-likeness (QED) is 0.800. The molecule has 0 aliphatic heterocycles. The molecule has 0 heterocycles. The topological polar surface area (TPSA) is 50.1 Å². The molecule has 2 rings (SSSR count). The van der Waals surface area contributed by atoms with Crippen molar-refractivity contribution >= 4 is 5.78 Å². The zero-order valence-corrected chi connectivity index (χ0v) is 9.69. The number of nitrogens with zero attached hydrogens (tertiary/aromatic N) is 1. The van der Waals surface area contributed by atoms with Gasteiger partial charge in [0.15, 0.2) is 0 Å².